The Kier molecular flexibility index (Phi) is 4.45. The Morgan fingerprint density at radius 1 is 1.35 bits per heavy atom. The van der Waals surface area contributed by atoms with Crippen molar-refractivity contribution in [2.45, 2.75) is 13.3 Å². The number of hydrogen-bond acceptors (Lipinski definition) is 6. The quantitative estimate of drug-likeness (QED) is 0.707. The van der Waals surface area contributed by atoms with Crippen molar-refractivity contribution in [2.75, 3.05) is 12.4 Å². The molecular formula is C16H14ClN3O2S. The van der Waals surface area contributed by atoms with E-state index in [4.69, 9.17) is 16.3 Å². The molecule has 0 saturated heterocycles. The van der Waals surface area contributed by atoms with E-state index in [1.807, 2.05) is 0 Å². The predicted octanol–water partition coefficient (Wildman–Crippen LogP) is 4.44. The molecule has 0 unspecified atom stereocenters. The maximum Gasteiger partial charge on any atom is 0.337 e. The van der Waals surface area contributed by atoms with E-state index in [1.165, 1.54) is 18.3 Å². The molecule has 0 aliphatic heterocycles. The number of thiophene rings is 1. The van der Waals surface area contributed by atoms with Crippen molar-refractivity contribution in [3.05, 3.63) is 46.1 Å². The number of nitrogens with zero attached hydrogens (tertiary/aromatic N) is 2. The molecule has 2 heterocycles. The zero-order chi connectivity index (χ0) is 16.4. The smallest absolute Gasteiger partial charge is 0.337 e. The predicted molar refractivity (Wildman–Crippen MR) is 92.9 cm³/mol. The number of anilines is 2. The molecule has 0 spiro atoms. The van der Waals surface area contributed by atoms with Crippen LogP contribution in [0.5, 0.6) is 0 Å². The van der Waals surface area contributed by atoms with Crippen LogP contribution in [0, 0.1) is 0 Å². The number of nitrogens with one attached hydrogen (secondary N) is 1. The molecule has 1 aromatic carbocycles. The average molecular weight is 348 g/mol. The number of aryl methyl sites for hydroxylation is 1. The molecule has 5 nitrogen and oxygen atoms in total. The van der Waals surface area contributed by atoms with Crippen LogP contribution in [-0.4, -0.2) is 23.0 Å². The SMILES string of the molecule is CCc1cc2c(Nc3cc(C(=O)OC)ccc3Cl)ncnc2s1. The van der Waals surface area contributed by atoms with Gasteiger partial charge in [-0.25, -0.2) is 14.8 Å². The highest BCUT2D eigenvalue weighted by Gasteiger charge is 2.12. The number of carbonyl (C=O) groups is 1. The van der Waals surface area contributed by atoms with Crippen molar-refractivity contribution in [3.63, 3.8) is 0 Å². The highest BCUT2D eigenvalue weighted by Crippen LogP contribution is 2.32. The highest BCUT2D eigenvalue weighted by atomic mass is 35.5. The Morgan fingerprint density at radius 3 is 2.91 bits per heavy atom. The van der Waals surface area contributed by atoms with Crippen molar-refractivity contribution < 1.29 is 9.53 Å². The third kappa shape index (κ3) is 3.13. The molecule has 118 valence electrons. The zero-order valence-electron chi connectivity index (χ0n) is 12.6. The van der Waals surface area contributed by atoms with Crippen molar-refractivity contribution in [1.82, 2.24) is 9.97 Å². The van der Waals surface area contributed by atoms with Crippen LogP contribution >= 0.6 is 22.9 Å². The van der Waals surface area contributed by atoms with Gasteiger partial charge in [-0.2, -0.15) is 0 Å². The number of ether oxygens (including phenoxy) is 1. The summed E-state index contributed by atoms with van der Waals surface area (Å²) < 4.78 is 4.74. The summed E-state index contributed by atoms with van der Waals surface area (Å²) in [6, 6.07) is 6.99. The maximum absolute atomic E-state index is 11.7. The summed E-state index contributed by atoms with van der Waals surface area (Å²) in [6.07, 6.45) is 2.46. The summed E-state index contributed by atoms with van der Waals surface area (Å²) in [4.78, 5) is 22.4. The van der Waals surface area contributed by atoms with E-state index in [1.54, 1.807) is 29.5 Å². The molecule has 3 aromatic rings. The van der Waals surface area contributed by atoms with Gasteiger partial charge in [0.1, 0.15) is 17.0 Å². The molecule has 0 atom stereocenters. The summed E-state index contributed by atoms with van der Waals surface area (Å²) in [5.41, 5.74) is 1.02. The minimum atomic E-state index is -0.415. The van der Waals surface area contributed by atoms with E-state index in [0.29, 0.717) is 22.1 Å². The second-order valence-electron chi connectivity index (χ2n) is 4.82. The van der Waals surface area contributed by atoms with E-state index in [2.05, 4.69) is 28.3 Å². The van der Waals surface area contributed by atoms with Crippen molar-refractivity contribution in [1.29, 1.82) is 0 Å². The van der Waals surface area contributed by atoms with Gasteiger partial charge in [0.2, 0.25) is 0 Å². The number of halogens is 1. The Morgan fingerprint density at radius 2 is 2.17 bits per heavy atom. The van der Waals surface area contributed by atoms with E-state index in [0.717, 1.165) is 16.6 Å². The minimum Gasteiger partial charge on any atom is -0.465 e. The minimum absolute atomic E-state index is 0.415. The molecule has 0 aliphatic carbocycles. The van der Waals surface area contributed by atoms with Crippen LogP contribution in [0.3, 0.4) is 0 Å². The molecule has 7 heteroatoms. The first kappa shape index (κ1) is 15.7. The maximum atomic E-state index is 11.7. The largest absolute Gasteiger partial charge is 0.465 e. The van der Waals surface area contributed by atoms with E-state index >= 15 is 0 Å². The molecule has 0 amide bonds. The van der Waals surface area contributed by atoms with Gasteiger partial charge in [-0.05, 0) is 30.7 Å². The van der Waals surface area contributed by atoms with E-state index < -0.39 is 5.97 Å². The normalized spacial score (nSPS) is 10.7. The van der Waals surface area contributed by atoms with Gasteiger partial charge >= 0.3 is 5.97 Å². The first-order valence-corrected chi connectivity index (χ1v) is 8.20. The fourth-order valence-corrected chi connectivity index (χ4v) is 3.27. The molecule has 0 radical (unpaired) electrons. The lowest BCUT2D eigenvalue weighted by atomic mass is 10.2. The number of benzene rings is 1. The van der Waals surface area contributed by atoms with Crippen molar-refractivity contribution in [3.8, 4) is 0 Å². The Hall–Kier alpha value is -2.18. The Bertz CT molecular complexity index is 879. The Balaban J connectivity index is 2.02. The zero-order valence-corrected chi connectivity index (χ0v) is 14.2. The van der Waals surface area contributed by atoms with Crippen LogP contribution in [0.2, 0.25) is 5.02 Å². The Labute approximate surface area is 142 Å². The van der Waals surface area contributed by atoms with Crippen LogP contribution < -0.4 is 5.32 Å². The van der Waals surface area contributed by atoms with Gasteiger partial charge < -0.3 is 10.1 Å². The van der Waals surface area contributed by atoms with Crippen LogP contribution in [0.4, 0.5) is 11.5 Å². The number of esters is 1. The third-order valence-corrected chi connectivity index (χ3v) is 4.89. The first-order chi connectivity index (χ1) is 11.1. The molecule has 23 heavy (non-hydrogen) atoms. The summed E-state index contributed by atoms with van der Waals surface area (Å²) in [5.74, 6) is 0.246. The summed E-state index contributed by atoms with van der Waals surface area (Å²) in [6.45, 7) is 2.10. The van der Waals surface area contributed by atoms with Gasteiger partial charge in [-0.15, -0.1) is 11.3 Å². The molecular weight excluding hydrogens is 334 g/mol. The van der Waals surface area contributed by atoms with Gasteiger partial charge in [0.25, 0.3) is 0 Å². The molecule has 2 aromatic heterocycles. The van der Waals surface area contributed by atoms with Gasteiger partial charge in [-0.1, -0.05) is 18.5 Å². The lowest BCUT2D eigenvalue weighted by molar-refractivity contribution is 0.0601. The number of methoxy groups -OCH3 is 1. The highest BCUT2D eigenvalue weighted by molar-refractivity contribution is 7.18. The fraction of sp³-hybridized carbons (Fsp3) is 0.188. The second-order valence-corrected chi connectivity index (χ2v) is 6.34. The molecule has 1 N–H and O–H groups in total. The van der Waals surface area contributed by atoms with Gasteiger partial charge in [-0.3, -0.25) is 0 Å². The van der Waals surface area contributed by atoms with Crippen LogP contribution in [0.25, 0.3) is 10.2 Å². The molecule has 0 fully saturated rings. The monoisotopic (exact) mass is 347 g/mol. The number of fused-ring (bicyclic) bond motifs is 1. The fourth-order valence-electron chi connectivity index (χ4n) is 2.17. The number of rotatable bonds is 4. The van der Waals surface area contributed by atoms with Crippen LogP contribution in [0.15, 0.2) is 30.6 Å². The first-order valence-electron chi connectivity index (χ1n) is 7.00. The summed E-state index contributed by atoms with van der Waals surface area (Å²) in [5, 5.41) is 4.62. The summed E-state index contributed by atoms with van der Waals surface area (Å²) >= 11 is 7.86. The number of aromatic nitrogens is 2. The number of hydrogen-bond donors (Lipinski definition) is 1. The third-order valence-electron chi connectivity index (χ3n) is 3.37. The summed E-state index contributed by atoms with van der Waals surface area (Å²) in [7, 11) is 1.34. The number of carbonyl (C=O) groups excluding carboxylic acids is 1. The second kappa shape index (κ2) is 6.52. The van der Waals surface area contributed by atoms with E-state index in [-0.39, 0.29) is 0 Å². The average Bonchev–Trinajstić information content (AvgIpc) is 3.00. The van der Waals surface area contributed by atoms with Gasteiger partial charge in [0.15, 0.2) is 0 Å². The molecule has 3 rings (SSSR count). The van der Waals surface area contributed by atoms with Gasteiger partial charge in [0.05, 0.1) is 28.8 Å². The van der Waals surface area contributed by atoms with Crippen LogP contribution in [-0.2, 0) is 11.2 Å². The lowest BCUT2D eigenvalue weighted by Gasteiger charge is -2.09. The molecule has 0 saturated carbocycles. The van der Waals surface area contributed by atoms with Gasteiger partial charge in [0, 0.05) is 4.88 Å². The standard InChI is InChI=1S/C16H14ClN3O2S/c1-3-10-7-11-14(18-8-19-15(11)23-10)20-13-6-9(16(21)22-2)4-5-12(13)17/h4-8H,3H2,1-2H3,(H,18,19,20). The molecule has 0 aliphatic rings. The molecule has 0 bridgehead atoms. The van der Waals surface area contributed by atoms with E-state index in [9.17, 15) is 4.79 Å². The van der Waals surface area contributed by atoms with Crippen molar-refractivity contribution in [2.24, 2.45) is 0 Å². The van der Waals surface area contributed by atoms with Crippen LogP contribution in [0.1, 0.15) is 22.2 Å². The lowest BCUT2D eigenvalue weighted by Crippen LogP contribution is -2.03. The van der Waals surface area contributed by atoms with Crippen molar-refractivity contribution >= 4 is 50.6 Å². The topological polar surface area (TPSA) is 64.1 Å².